The molecule has 2 aliphatic rings. The number of aryl methyl sites for hydroxylation is 1. The summed E-state index contributed by atoms with van der Waals surface area (Å²) < 4.78 is 10.8. The highest BCUT2D eigenvalue weighted by Crippen LogP contribution is 2.26. The predicted octanol–water partition coefficient (Wildman–Crippen LogP) is 2.58. The third-order valence-corrected chi connectivity index (χ3v) is 5.02. The lowest BCUT2D eigenvalue weighted by Gasteiger charge is -2.36. The quantitative estimate of drug-likeness (QED) is 0.910. The minimum atomic E-state index is -0.0335. The molecule has 2 heterocycles. The number of amides is 2. The number of methoxy groups -OCH3 is 1. The number of morpholine rings is 1. The van der Waals surface area contributed by atoms with Crippen molar-refractivity contribution in [1.29, 1.82) is 0 Å². The fraction of sp³-hybridized carbons (Fsp3) is 0.632. The first-order valence-electron chi connectivity index (χ1n) is 9.16. The Morgan fingerprint density at radius 3 is 2.88 bits per heavy atom. The summed E-state index contributed by atoms with van der Waals surface area (Å²) >= 11 is 0. The van der Waals surface area contributed by atoms with Gasteiger partial charge in [-0.25, -0.2) is 4.79 Å². The number of benzene rings is 1. The zero-order valence-corrected chi connectivity index (χ0v) is 15.3. The minimum Gasteiger partial charge on any atom is -0.495 e. The van der Waals surface area contributed by atoms with Crippen molar-refractivity contribution in [3.8, 4) is 5.75 Å². The summed E-state index contributed by atoms with van der Waals surface area (Å²) in [6, 6.07) is 5.79. The van der Waals surface area contributed by atoms with E-state index in [0.717, 1.165) is 63.6 Å². The van der Waals surface area contributed by atoms with Gasteiger partial charge in [0.15, 0.2) is 0 Å². The maximum absolute atomic E-state index is 12.7. The van der Waals surface area contributed by atoms with Crippen molar-refractivity contribution < 1.29 is 14.3 Å². The molecule has 2 saturated heterocycles. The van der Waals surface area contributed by atoms with Crippen LogP contribution in [0.2, 0.25) is 0 Å². The van der Waals surface area contributed by atoms with Gasteiger partial charge in [0.1, 0.15) is 5.75 Å². The topological polar surface area (TPSA) is 54.0 Å². The van der Waals surface area contributed by atoms with E-state index < -0.39 is 0 Å². The number of piperidine rings is 1. The molecule has 0 saturated carbocycles. The Balaban J connectivity index is 1.56. The second-order valence-corrected chi connectivity index (χ2v) is 7.00. The van der Waals surface area contributed by atoms with Gasteiger partial charge in [-0.1, -0.05) is 6.07 Å². The SMILES string of the molecule is COc1cc(C)ccc1NC(=O)N1CCC[C@H](CN2CCOCC2)C1. The first-order chi connectivity index (χ1) is 12.2. The summed E-state index contributed by atoms with van der Waals surface area (Å²) in [6.07, 6.45) is 2.25. The summed E-state index contributed by atoms with van der Waals surface area (Å²) in [7, 11) is 1.63. The first kappa shape index (κ1) is 18.0. The fourth-order valence-corrected chi connectivity index (χ4v) is 3.64. The van der Waals surface area contributed by atoms with Crippen molar-refractivity contribution in [3.05, 3.63) is 23.8 Å². The molecule has 0 bridgehead atoms. The van der Waals surface area contributed by atoms with Gasteiger partial charge in [0.05, 0.1) is 26.0 Å². The third-order valence-electron chi connectivity index (χ3n) is 5.02. The minimum absolute atomic E-state index is 0.0335. The number of rotatable bonds is 4. The van der Waals surface area contributed by atoms with Crippen molar-refractivity contribution in [1.82, 2.24) is 9.80 Å². The lowest BCUT2D eigenvalue weighted by atomic mass is 9.97. The van der Waals surface area contributed by atoms with E-state index in [1.165, 1.54) is 6.42 Å². The largest absolute Gasteiger partial charge is 0.495 e. The zero-order valence-electron chi connectivity index (χ0n) is 15.3. The second-order valence-electron chi connectivity index (χ2n) is 7.00. The number of hydrogen-bond acceptors (Lipinski definition) is 4. The predicted molar refractivity (Wildman–Crippen MR) is 98.3 cm³/mol. The maximum Gasteiger partial charge on any atom is 0.321 e. The van der Waals surface area contributed by atoms with Gasteiger partial charge in [0.25, 0.3) is 0 Å². The van der Waals surface area contributed by atoms with Crippen LogP contribution in [0.25, 0.3) is 0 Å². The molecule has 1 atom stereocenters. The van der Waals surface area contributed by atoms with Gasteiger partial charge >= 0.3 is 6.03 Å². The molecule has 0 aromatic heterocycles. The highest BCUT2D eigenvalue weighted by molar-refractivity contribution is 5.91. The van der Waals surface area contributed by atoms with Crippen LogP contribution in [0.15, 0.2) is 18.2 Å². The summed E-state index contributed by atoms with van der Waals surface area (Å²) in [5, 5.41) is 3.01. The van der Waals surface area contributed by atoms with Crippen molar-refractivity contribution >= 4 is 11.7 Å². The summed E-state index contributed by atoms with van der Waals surface area (Å²) in [5.41, 5.74) is 1.84. The van der Waals surface area contributed by atoms with Gasteiger partial charge in [-0.2, -0.15) is 0 Å². The Morgan fingerprint density at radius 1 is 1.32 bits per heavy atom. The van der Waals surface area contributed by atoms with Crippen LogP contribution in [0.5, 0.6) is 5.75 Å². The molecule has 0 spiro atoms. The van der Waals surface area contributed by atoms with Gasteiger partial charge < -0.3 is 19.7 Å². The normalized spacial score (nSPS) is 21.8. The summed E-state index contributed by atoms with van der Waals surface area (Å²) in [4.78, 5) is 17.1. The van der Waals surface area contributed by atoms with Crippen LogP contribution < -0.4 is 10.1 Å². The van der Waals surface area contributed by atoms with Crippen molar-refractivity contribution in [3.63, 3.8) is 0 Å². The van der Waals surface area contributed by atoms with Crippen LogP contribution >= 0.6 is 0 Å². The maximum atomic E-state index is 12.7. The van der Waals surface area contributed by atoms with E-state index in [9.17, 15) is 4.79 Å². The Kier molecular flexibility index (Phi) is 6.15. The van der Waals surface area contributed by atoms with Crippen molar-refractivity contribution in [2.75, 3.05) is 58.4 Å². The lowest BCUT2D eigenvalue weighted by molar-refractivity contribution is 0.0252. The van der Waals surface area contributed by atoms with Crippen LogP contribution in [0.1, 0.15) is 18.4 Å². The molecule has 1 N–H and O–H groups in total. The standard InChI is InChI=1S/C19H29N3O3/c1-15-5-6-17(18(12-15)24-2)20-19(23)22-7-3-4-16(14-22)13-21-8-10-25-11-9-21/h5-6,12,16H,3-4,7-11,13-14H2,1-2H3,(H,20,23)/t16-/m1/s1. The Labute approximate surface area is 150 Å². The number of urea groups is 1. The van der Waals surface area contributed by atoms with E-state index in [0.29, 0.717) is 11.7 Å². The molecule has 2 fully saturated rings. The van der Waals surface area contributed by atoms with Gasteiger partial charge in [-0.15, -0.1) is 0 Å². The molecule has 6 heteroatoms. The molecule has 0 radical (unpaired) electrons. The van der Waals surface area contributed by atoms with Crippen LogP contribution in [0, 0.1) is 12.8 Å². The van der Waals surface area contributed by atoms with E-state index in [1.54, 1.807) is 7.11 Å². The number of carbonyl (C=O) groups is 1. The average Bonchev–Trinajstić information content (AvgIpc) is 2.64. The molecule has 138 valence electrons. The number of ether oxygens (including phenoxy) is 2. The Morgan fingerprint density at radius 2 is 2.12 bits per heavy atom. The van der Waals surface area contributed by atoms with Gasteiger partial charge in [-0.3, -0.25) is 4.90 Å². The van der Waals surface area contributed by atoms with Gasteiger partial charge in [0, 0.05) is 32.7 Å². The first-order valence-corrected chi connectivity index (χ1v) is 9.16. The molecular formula is C19H29N3O3. The molecule has 1 aromatic rings. The molecule has 6 nitrogen and oxygen atoms in total. The molecule has 2 aliphatic heterocycles. The Hall–Kier alpha value is -1.79. The molecule has 0 aliphatic carbocycles. The van der Waals surface area contributed by atoms with E-state index in [2.05, 4.69) is 10.2 Å². The fourth-order valence-electron chi connectivity index (χ4n) is 3.64. The molecule has 3 rings (SSSR count). The Bertz CT molecular complexity index is 587. The molecule has 25 heavy (non-hydrogen) atoms. The smallest absolute Gasteiger partial charge is 0.321 e. The number of anilines is 1. The molecular weight excluding hydrogens is 318 g/mol. The van der Waals surface area contributed by atoms with Crippen LogP contribution in [0.4, 0.5) is 10.5 Å². The van der Waals surface area contributed by atoms with Gasteiger partial charge in [0.2, 0.25) is 0 Å². The van der Waals surface area contributed by atoms with Crippen LogP contribution in [0.3, 0.4) is 0 Å². The number of nitrogens with one attached hydrogen (secondary N) is 1. The highest BCUT2D eigenvalue weighted by Gasteiger charge is 2.26. The van der Waals surface area contributed by atoms with E-state index in [-0.39, 0.29) is 6.03 Å². The van der Waals surface area contributed by atoms with E-state index >= 15 is 0 Å². The number of hydrogen-bond donors (Lipinski definition) is 1. The second kappa shape index (κ2) is 8.54. The zero-order chi connectivity index (χ0) is 17.6. The molecule has 1 aromatic carbocycles. The number of likely N-dealkylation sites (tertiary alicyclic amines) is 1. The van der Waals surface area contributed by atoms with Crippen molar-refractivity contribution in [2.24, 2.45) is 5.92 Å². The van der Waals surface area contributed by atoms with Gasteiger partial charge in [-0.05, 0) is 43.4 Å². The number of nitrogens with zero attached hydrogens (tertiary/aromatic N) is 2. The molecule has 2 amide bonds. The van der Waals surface area contributed by atoms with Crippen LogP contribution in [-0.2, 0) is 4.74 Å². The average molecular weight is 347 g/mol. The highest BCUT2D eigenvalue weighted by atomic mass is 16.5. The third kappa shape index (κ3) is 4.86. The monoisotopic (exact) mass is 347 g/mol. The molecule has 0 unspecified atom stereocenters. The summed E-state index contributed by atoms with van der Waals surface area (Å²) in [5.74, 6) is 1.24. The van der Waals surface area contributed by atoms with Crippen LogP contribution in [-0.4, -0.2) is 68.9 Å². The summed E-state index contributed by atoms with van der Waals surface area (Å²) in [6.45, 7) is 8.35. The van der Waals surface area contributed by atoms with Crippen molar-refractivity contribution in [2.45, 2.75) is 19.8 Å². The number of carbonyl (C=O) groups excluding carboxylic acids is 1. The van der Waals surface area contributed by atoms with E-state index in [1.807, 2.05) is 30.0 Å². The van der Waals surface area contributed by atoms with E-state index in [4.69, 9.17) is 9.47 Å². The lowest BCUT2D eigenvalue weighted by Crippen LogP contribution is -2.47.